The van der Waals surface area contributed by atoms with Crippen molar-refractivity contribution in [3.05, 3.63) is 30.3 Å². The van der Waals surface area contributed by atoms with Crippen LogP contribution in [0.15, 0.2) is 35.3 Å². The Kier molecular flexibility index (Phi) is 8.11. The van der Waals surface area contributed by atoms with Crippen molar-refractivity contribution < 1.29 is 4.74 Å². The van der Waals surface area contributed by atoms with E-state index >= 15 is 0 Å². The van der Waals surface area contributed by atoms with E-state index in [1.54, 1.807) is 0 Å². The van der Waals surface area contributed by atoms with E-state index in [0.29, 0.717) is 6.10 Å². The Morgan fingerprint density at radius 3 is 2.58 bits per heavy atom. The van der Waals surface area contributed by atoms with Crippen molar-refractivity contribution in [3.8, 4) is 0 Å². The first-order valence-corrected chi connectivity index (χ1v) is 8.81. The summed E-state index contributed by atoms with van der Waals surface area (Å²) < 4.78 is 5.68. The van der Waals surface area contributed by atoms with Crippen molar-refractivity contribution in [2.45, 2.75) is 25.9 Å². The van der Waals surface area contributed by atoms with Gasteiger partial charge in [0.05, 0.1) is 12.6 Å². The first-order valence-electron chi connectivity index (χ1n) is 8.81. The van der Waals surface area contributed by atoms with Gasteiger partial charge in [0, 0.05) is 45.0 Å². The summed E-state index contributed by atoms with van der Waals surface area (Å²) in [6.45, 7) is 8.79. The molecule has 2 aliphatic rings. The van der Waals surface area contributed by atoms with Crippen LogP contribution in [0.2, 0.25) is 0 Å². The molecule has 1 N–H and O–H groups in total. The summed E-state index contributed by atoms with van der Waals surface area (Å²) in [5.74, 6) is 1.04. The molecule has 3 rings (SSSR count). The second-order valence-electron chi connectivity index (χ2n) is 6.14. The summed E-state index contributed by atoms with van der Waals surface area (Å²) in [6, 6.07) is 10.7. The molecule has 24 heavy (non-hydrogen) atoms. The van der Waals surface area contributed by atoms with Gasteiger partial charge in [-0.25, -0.2) is 0 Å². The maximum absolute atomic E-state index is 5.68. The Balaban J connectivity index is 0.00000208. The van der Waals surface area contributed by atoms with Crippen molar-refractivity contribution in [2.24, 2.45) is 4.99 Å². The number of rotatable bonds is 4. The molecule has 0 amide bonds. The Morgan fingerprint density at radius 2 is 1.96 bits per heavy atom. The highest BCUT2D eigenvalue weighted by Crippen LogP contribution is 2.16. The van der Waals surface area contributed by atoms with Gasteiger partial charge < -0.3 is 19.9 Å². The van der Waals surface area contributed by atoms with Gasteiger partial charge in [-0.2, -0.15) is 0 Å². The van der Waals surface area contributed by atoms with E-state index in [2.05, 4.69) is 52.4 Å². The summed E-state index contributed by atoms with van der Waals surface area (Å²) in [5, 5.41) is 3.43. The molecule has 0 bridgehead atoms. The zero-order valence-corrected chi connectivity index (χ0v) is 16.8. The molecular formula is C18H29IN4O. The molecule has 1 aromatic carbocycles. The zero-order chi connectivity index (χ0) is 15.9. The Bertz CT molecular complexity index is 497. The molecule has 134 valence electrons. The second kappa shape index (κ2) is 10.1. The maximum Gasteiger partial charge on any atom is 0.194 e. The van der Waals surface area contributed by atoms with Crippen LogP contribution in [0.3, 0.4) is 0 Å². The summed E-state index contributed by atoms with van der Waals surface area (Å²) in [4.78, 5) is 9.62. The third-order valence-electron chi connectivity index (χ3n) is 4.50. The lowest BCUT2D eigenvalue weighted by Gasteiger charge is -2.37. The van der Waals surface area contributed by atoms with Crippen molar-refractivity contribution in [1.82, 2.24) is 10.2 Å². The zero-order valence-electron chi connectivity index (χ0n) is 14.5. The van der Waals surface area contributed by atoms with Crippen molar-refractivity contribution in [1.29, 1.82) is 0 Å². The molecule has 6 heteroatoms. The molecule has 1 aromatic rings. The van der Waals surface area contributed by atoms with Gasteiger partial charge in [0.25, 0.3) is 0 Å². The number of aliphatic imine (C=N–C) groups is 1. The minimum absolute atomic E-state index is 0. The van der Waals surface area contributed by atoms with Crippen molar-refractivity contribution in [2.75, 3.05) is 50.8 Å². The Morgan fingerprint density at radius 1 is 1.21 bits per heavy atom. The number of benzene rings is 1. The smallest absolute Gasteiger partial charge is 0.194 e. The quantitative estimate of drug-likeness (QED) is 0.441. The van der Waals surface area contributed by atoms with Crippen LogP contribution in [0.4, 0.5) is 5.69 Å². The van der Waals surface area contributed by atoms with Gasteiger partial charge in [0.15, 0.2) is 5.96 Å². The van der Waals surface area contributed by atoms with Crippen molar-refractivity contribution >= 4 is 35.6 Å². The van der Waals surface area contributed by atoms with Crippen LogP contribution < -0.4 is 10.2 Å². The summed E-state index contributed by atoms with van der Waals surface area (Å²) >= 11 is 0. The molecule has 5 nitrogen and oxygen atoms in total. The van der Waals surface area contributed by atoms with Crippen LogP contribution >= 0.6 is 24.0 Å². The molecule has 0 aromatic heterocycles. The number of piperazine rings is 1. The number of nitrogens with zero attached hydrogens (tertiary/aromatic N) is 3. The van der Waals surface area contributed by atoms with Crippen molar-refractivity contribution in [3.63, 3.8) is 0 Å². The van der Waals surface area contributed by atoms with Gasteiger partial charge in [-0.3, -0.25) is 4.99 Å². The minimum atomic E-state index is 0. The number of ether oxygens (including phenoxy) is 1. The van der Waals surface area contributed by atoms with E-state index in [1.165, 1.54) is 12.1 Å². The molecule has 1 unspecified atom stereocenters. The topological polar surface area (TPSA) is 40.1 Å². The first kappa shape index (κ1) is 19.3. The maximum atomic E-state index is 5.68. The fourth-order valence-corrected chi connectivity index (χ4v) is 3.22. The van der Waals surface area contributed by atoms with Gasteiger partial charge in [-0.05, 0) is 31.9 Å². The SMILES string of the molecule is CCNC(=NCC1CCCO1)N1CCN(c2ccccc2)CC1.I. The third kappa shape index (κ3) is 5.24. The number of hydrogen-bond acceptors (Lipinski definition) is 3. The lowest BCUT2D eigenvalue weighted by Crippen LogP contribution is -2.52. The monoisotopic (exact) mass is 444 g/mol. The van der Waals surface area contributed by atoms with Crippen LogP contribution in [0.5, 0.6) is 0 Å². The number of guanidine groups is 1. The molecule has 2 aliphatic heterocycles. The van der Waals surface area contributed by atoms with Crippen LogP contribution in [-0.4, -0.2) is 62.8 Å². The van der Waals surface area contributed by atoms with Crippen LogP contribution in [-0.2, 0) is 4.74 Å². The Labute approximate surface area is 162 Å². The predicted octanol–water partition coefficient (Wildman–Crippen LogP) is 2.57. The highest BCUT2D eigenvalue weighted by molar-refractivity contribution is 14.0. The molecule has 0 radical (unpaired) electrons. The minimum Gasteiger partial charge on any atom is -0.376 e. The number of halogens is 1. The second-order valence-corrected chi connectivity index (χ2v) is 6.14. The molecule has 0 saturated carbocycles. The van der Waals surface area contributed by atoms with Crippen LogP contribution in [0, 0.1) is 0 Å². The number of anilines is 1. The lowest BCUT2D eigenvalue weighted by molar-refractivity contribution is 0.117. The lowest BCUT2D eigenvalue weighted by atomic mass is 10.2. The average molecular weight is 444 g/mol. The highest BCUT2D eigenvalue weighted by Gasteiger charge is 2.21. The molecular weight excluding hydrogens is 415 g/mol. The van der Waals surface area contributed by atoms with Crippen LogP contribution in [0.25, 0.3) is 0 Å². The molecule has 2 saturated heterocycles. The molecule has 0 aliphatic carbocycles. The van der Waals surface area contributed by atoms with Gasteiger partial charge >= 0.3 is 0 Å². The van der Waals surface area contributed by atoms with Gasteiger partial charge in [0.2, 0.25) is 0 Å². The third-order valence-corrected chi connectivity index (χ3v) is 4.50. The van der Waals surface area contributed by atoms with E-state index in [4.69, 9.17) is 9.73 Å². The Hall–Kier alpha value is -1.02. The molecule has 2 heterocycles. The predicted molar refractivity (Wildman–Crippen MR) is 111 cm³/mol. The average Bonchev–Trinajstić information content (AvgIpc) is 3.13. The number of para-hydroxylation sites is 1. The van der Waals surface area contributed by atoms with E-state index in [1.807, 2.05) is 0 Å². The van der Waals surface area contributed by atoms with E-state index in [0.717, 1.165) is 58.3 Å². The summed E-state index contributed by atoms with van der Waals surface area (Å²) in [6.07, 6.45) is 2.63. The van der Waals surface area contributed by atoms with Gasteiger partial charge in [-0.1, -0.05) is 18.2 Å². The molecule has 1 atom stereocenters. The highest BCUT2D eigenvalue weighted by atomic mass is 127. The normalized spacial score (nSPS) is 21.5. The molecule has 2 fully saturated rings. The summed E-state index contributed by atoms with van der Waals surface area (Å²) in [7, 11) is 0. The van der Waals surface area contributed by atoms with E-state index in [-0.39, 0.29) is 24.0 Å². The number of nitrogens with one attached hydrogen (secondary N) is 1. The molecule has 0 spiro atoms. The first-order chi connectivity index (χ1) is 11.4. The van der Waals surface area contributed by atoms with Crippen LogP contribution in [0.1, 0.15) is 19.8 Å². The van der Waals surface area contributed by atoms with E-state index in [9.17, 15) is 0 Å². The fraction of sp³-hybridized carbons (Fsp3) is 0.611. The summed E-state index contributed by atoms with van der Waals surface area (Å²) in [5.41, 5.74) is 1.31. The largest absolute Gasteiger partial charge is 0.376 e. The van der Waals surface area contributed by atoms with Gasteiger partial charge in [0.1, 0.15) is 0 Å². The van der Waals surface area contributed by atoms with E-state index < -0.39 is 0 Å². The number of hydrogen-bond donors (Lipinski definition) is 1. The fourth-order valence-electron chi connectivity index (χ4n) is 3.22. The van der Waals surface area contributed by atoms with Gasteiger partial charge in [-0.15, -0.1) is 24.0 Å². The standard InChI is InChI=1S/C18H28N4O.HI/c1-2-19-18(20-15-17-9-6-14-23-17)22-12-10-21(11-13-22)16-7-4-3-5-8-16;/h3-5,7-8,17H,2,6,9-15H2,1H3,(H,19,20);1H.